The molecule has 0 spiro atoms. The second kappa shape index (κ2) is 19.4. The third-order valence-electron chi connectivity index (χ3n) is 12.8. The quantitative estimate of drug-likeness (QED) is 0.155. The van der Waals surface area contributed by atoms with Crippen molar-refractivity contribution in [1.82, 2.24) is 0 Å². The number of benzene rings is 4. The van der Waals surface area contributed by atoms with Crippen LogP contribution in [0.5, 0.6) is 0 Å². The van der Waals surface area contributed by atoms with Crippen LogP contribution >= 0.6 is 48.0 Å². The molecule has 0 N–H and O–H groups in total. The molecular weight excluding hydrogens is 870 g/mol. The number of rotatable bonds is 4. The van der Waals surface area contributed by atoms with Crippen LogP contribution in [0.4, 0.5) is 0 Å². The summed E-state index contributed by atoms with van der Waals surface area (Å²) >= 11 is 11.0. The Morgan fingerprint density at radius 3 is 1.66 bits per heavy atom. The van der Waals surface area contributed by atoms with Crippen molar-refractivity contribution in [3.8, 4) is 11.1 Å². The first kappa shape index (κ1) is 47.1. The van der Waals surface area contributed by atoms with Crippen LogP contribution < -0.4 is 0 Å². The predicted octanol–water partition coefficient (Wildman–Crippen LogP) is 15.4. The summed E-state index contributed by atoms with van der Waals surface area (Å²) in [4.78, 5) is 0. The summed E-state index contributed by atoms with van der Waals surface area (Å²) in [6.07, 6.45) is 11.7. The number of halogens is 4. The monoisotopic (exact) mass is 928 g/mol. The van der Waals surface area contributed by atoms with E-state index in [1.807, 2.05) is 24.3 Å². The van der Waals surface area contributed by atoms with Crippen molar-refractivity contribution in [2.45, 2.75) is 118 Å². The van der Waals surface area contributed by atoms with Crippen molar-refractivity contribution >= 4 is 55.4 Å². The van der Waals surface area contributed by atoms with Crippen LogP contribution in [-0.4, -0.2) is 7.42 Å². The molecule has 0 aromatic heterocycles. The molecule has 58 heavy (non-hydrogen) atoms. The van der Waals surface area contributed by atoms with E-state index >= 15 is 0 Å². The number of aryl methyl sites for hydroxylation is 2. The van der Waals surface area contributed by atoms with Crippen LogP contribution in [0.2, 0.25) is 10.0 Å². The zero-order chi connectivity index (χ0) is 39.8. The average molecular weight is 932 g/mol. The van der Waals surface area contributed by atoms with Gasteiger partial charge in [-0.3, -0.25) is 0 Å². The Balaban J connectivity index is 0.000000164. The molecule has 5 aliphatic rings. The van der Waals surface area contributed by atoms with E-state index in [1.54, 1.807) is 49.7 Å². The summed E-state index contributed by atoms with van der Waals surface area (Å²) < 4.78 is 4.66. The molecule has 4 fully saturated rings. The molecule has 0 nitrogen and oxygen atoms in total. The van der Waals surface area contributed by atoms with Gasteiger partial charge in [0.2, 0.25) is 0 Å². The van der Waals surface area contributed by atoms with Crippen molar-refractivity contribution in [3.63, 3.8) is 0 Å². The Morgan fingerprint density at radius 2 is 1.19 bits per heavy atom. The third kappa shape index (κ3) is 11.7. The molecule has 4 bridgehead atoms. The fraction of sp³-hybridized carbons (Fsp3) is 0.415. The van der Waals surface area contributed by atoms with Crippen LogP contribution in [0.1, 0.15) is 130 Å². The Bertz CT molecular complexity index is 2070. The fourth-order valence-corrected chi connectivity index (χ4v) is 12.7. The fourth-order valence-electron chi connectivity index (χ4n) is 10.3. The van der Waals surface area contributed by atoms with E-state index in [4.69, 9.17) is 23.2 Å². The second-order valence-corrected chi connectivity index (χ2v) is 22.8. The first-order valence-electron chi connectivity index (χ1n) is 20.9. The van der Waals surface area contributed by atoms with Crippen molar-refractivity contribution in [2.75, 3.05) is 0 Å². The standard InChI is InChI=1S/C21H25.C18H25.2C7H5Cl.2ClH.Zr/c1-20(2,3)16-9-7-14-11-15-8-10-17(21(4,5)6)13-19(15)18(14)12-16;1-12-3-13(2)17(4-12)11-18-8-14-5-15(9-18)7-16(6-14)10-18;2*1-6-2-4-7(8)5-3-6;;;/h7,9-10,12-13H,11H2,1-6H3;3-4,14-16H,5-11H2,1-2H3;2*1-5H;2*1H;/q2*-1;;;;;. The SMILES string of the molecule is CC(C)(C)c1c[c-]c2c(c1)-c1cc(C(C)(C)C)ccc1C2.Cc1cc(CC23CC4CC(CC(C4)C2)C3)c(C)[cH-]1.Cl.Cl.Clc1ccc([CH]=[Zr]=[CH]c2ccc(Cl)cc2)cc1. The van der Waals surface area contributed by atoms with Gasteiger partial charge in [0, 0.05) is 0 Å². The average Bonchev–Trinajstić information content (AvgIpc) is 3.65. The molecule has 0 amide bonds. The molecule has 0 radical (unpaired) electrons. The van der Waals surface area contributed by atoms with Gasteiger partial charge in [0.1, 0.15) is 0 Å². The first-order chi connectivity index (χ1) is 26.5. The molecule has 10 rings (SSSR count). The normalized spacial score (nSPS) is 20.8. The third-order valence-corrected chi connectivity index (χ3v) is 15.8. The van der Waals surface area contributed by atoms with E-state index in [9.17, 15) is 0 Å². The molecule has 0 aliphatic heterocycles. The molecule has 0 saturated heterocycles. The van der Waals surface area contributed by atoms with E-state index in [0.29, 0.717) is 5.41 Å². The molecule has 5 aromatic rings. The molecule has 0 atom stereocenters. The van der Waals surface area contributed by atoms with E-state index in [0.717, 1.165) is 34.2 Å². The molecule has 308 valence electrons. The minimum atomic E-state index is -0.623. The second-order valence-electron chi connectivity index (χ2n) is 19.7. The molecule has 0 unspecified atom stereocenters. The van der Waals surface area contributed by atoms with Gasteiger partial charge in [-0.25, -0.2) is 6.07 Å². The molecule has 5 heteroatoms. The molecule has 5 aliphatic carbocycles. The maximum absolute atomic E-state index is 5.84. The van der Waals surface area contributed by atoms with Gasteiger partial charge < -0.3 is 0 Å². The van der Waals surface area contributed by atoms with Gasteiger partial charge >= 0.3 is 123 Å². The van der Waals surface area contributed by atoms with Gasteiger partial charge in [-0.2, -0.15) is 52.1 Å². The van der Waals surface area contributed by atoms with E-state index in [-0.39, 0.29) is 35.6 Å². The van der Waals surface area contributed by atoms with Crippen LogP contribution in [-0.2, 0) is 45.9 Å². The van der Waals surface area contributed by atoms with Crippen LogP contribution in [0, 0.1) is 43.1 Å². The summed E-state index contributed by atoms with van der Waals surface area (Å²) in [5, 5.41) is 1.57. The van der Waals surface area contributed by atoms with Gasteiger partial charge in [0.05, 0.1) is 0 Å². The summed E-state index contributed by atoms with van der Waals surface area (Å²) in [5.41, 5.74) is 16.7. The molecule has 5 aromatic carbocycles. The van der Waals surface area contributed by atoms with Crippen LogP contribution in [0.25, 0.3) is 11.1 Å². The van der Waals surface area contributed by atoms with Gasteiger partial charge in [-0.05, 0) is 79.1 Å². The van der Waals surface area contributed by atoms with Crippen LogP contribution in [0.15, 0.2) is 91.0 Å². The van der Waals surface area contributed by atoms with E-state index in [1.165, 1.54) is 56.5 Å². The zero-order valence-electron chi connectivity index (χ0n) is 35.8. The molecule has 4 saturated carbocycles. The Morgan fingerprint density at radius 1 is 0.690 bits per heavy atom. The number of hydrogen-bond acceptors (Lipinski definition) is 0. The number of fused-ring (bicyclic) bond motifs is 3. The van der Waals surface area contributed by atoms with Gasteiger partial charge in [-0.15, -0.1) is 30.4 Å². The topological polar surface area (TPSA) is 0 Å². The van der Waals surface area contributed by atoms with Crippen molar-refractivity contribution in [2.24, 2.45) is 23.2 Å². The van der Waals surface area contributed by atoms with E-state index in [2.05, 4.69) is 136 Å². The van der Waals surface area contributed by atoms with Crippen LogP contribution in [0.3, 0.4) is 0 Å². The Labute approximate surface area is 383 Å². The zero-order valence-corrected chi connectivity index (χ0v) is 41.4. The van der Waals surface area contributed by atoms with E-state index < -0.39 is 22.3 Å². The minimum absolute atomic E-state index is 0. The number of hydrogen-bond donors (Lipinski definition) is 0. The maximum atomic E-state index is 5.84. The summed E-state index contributed by atoms with van der Waals surface area (Å²) in [6.45, 7) is 18.2. The van der Waals surface area contributed by atoms with Crippen molar-refractivity contribution < 1.29 is 22.3 Å². The Kier molecular flexibility index (Phi) is 15.7. The molecular formula is C53H62Cl4Zr-2. The summed E-state index contributed by atoms with van der Waals surface area (Å²) in [5.74, 6) is 3.27. The van der Waals surface area contributed by atoms with Gasteiger partial charge in [-0.1, -0.05) is 96.6 Å². The molecule has 0 heterocycles. The summed E-state index contributed by atoms with van der Waals surface area (Å²) in [6, 6.07) is 35.8. The van der Waals surface area contributed by atoms with Gasteiger partial charge in [0.25, 0.3) is 0 Å². The summed E-state index contributed by atoms with van der Waals surface area (Å²) in [7, 11) is 0. The first-order valence-corrected chi connectivity index (χ1v) is 24.5. The van der Waals surface area contributed by atoms with Crippen molar-refractivity contribution in [3.05, 3.63) is 157 Å². The van der Waals surface area contributed by atoms with Gasteiger partial charge in [0.15, 0.2) is 0 Å². The Hall–Kier alpha value is -1.99. The van der Waals surface area contributed by atoms with Crippen molar-refractivity contribution in [1.29, 1.82) is 0 Å². The predicted molar refractivity (Wildman–Crippen MR) is 254 cm³/mol.